The van der Waals surface area contributed by atoms with Gasteiger partial charge in [-0.2, -0.15) is 0 Å². The third-order valence-electron chi connectivity index (χ3n) is 3.53. The molecule has 0 saturated carbocycles. The second kappa shape index (κ2) is 5.82. The predicted molar refractivity (Wildman–Crippen MR) is 72.7 cm³/mol. The van der Waals surface area contributed by atoms with Crippen LogP contribution in [0.5, 0.6) is 0 Å². The molecule has 1 aliphatic heterocycles. The first-order chi connectivity index (χ1) is 8.68. The maximum Gasteiger partial charge on any atom is 0.252 e. The molecule has 0 bridgehead atoms. The second-order valence-corrected chi connectivity index (χ2v) is 5.64. The van der Waals surface area contributed by atoms with Crippen LogP contribution < -0.4 is 10.6 Å². The van der Waals surface area contributed by atoms with Crippen LogP contribution in [0.25, 0.3) is 0 Å². The van der Waals surface area contributed by atoms with Crippen LogP contribution in [-0.2, 0) is 9.53 Å². The van der Waals surface area contributed by atoms with E-state index < -0.39 is 5.60 Å². The zero-order chi connectivity index (χ0) is 13.0. The van der Waals surface area contributed by atoms with Gasteiger partial charge in [0.15, 0.2) is 0 Å². The normalized spacial score (nSPS) is 20.3. The Kier molecular flexibility index (Phi) is 4.37. The first-order valence-electron chi connectivity index (χ1n) is 6.28. The van der Waals surface area contributed by atoms with Gasteiger partial charge in [-0.3, -0.25) is 4.79 Å². The lowest BCUT2D eigenvalue weighted by atomic mass is 9.91. The molecule has 1 atom stereocenters. The van der Waals surface area contributed by atoms with Gasteiger partial charge in [-0.05, 0) is 44.3 Å². The summed E-state index contributed by atoms with van der Waals surface area (Å²) >= 11 is 1.66. The largest absolute Gasteiger partial charge is 0.368 e. The molecule has 1 amide bonds. The summed E-state index contributed by atoms with van der Waals surface area (Å²) in [5.41, 5.74) is -0.656. The molecule has 100 valence electrons. The maximum atomic E-state index is 12.4. The minimum atomic E-state index is -0.656. The summed E-state index contributed by atoms with van der Waals surface area (Å²) in [5, 5.41) is 8.34. The highest BCUT2D eigenvalue weighted by Gasteiger charge is 2.40. The van der Waals surface area contributed by atoms with Crippen molar-refractivity contribution in [3.05, 3.63) is 22.4 Å². The molecule has 0 radical (unpaired) electrons. The van der Waals surface area contributed by atoms with Crippen LogP contribution >= 0.6 is 11.3 Å². The van der Waals surface area contributed by atoms with E-state index in [0.717, 1.165) is 25.9 Å². The number of piperidine rings is 1. The van der Waals surface area contributed by atoms with Crippen molar-refractivity contribution in [2.45, 2.75) is 31.4 Å². The molecule has 5 heteroatoms. The van der Waals surface area contributed by atoms with Crippen LogP contribution in [0.3, 0.4) is 0 Å². The first kappa shape index (κ1) is 13.5. The molecule has 1 unspecified atom stereocenters. The van der Waals surface area contributed by atoms with Gasteiger partial charge >= 0.3 is 0 Å². The van der Waals surface area contributed by atoms with Crippen molar-refractivity contribution in [1.82, 2.24) is 10.6 Å². The number of hydrogen-bond donors (Lipinski definition) is 2. The highest BCUT2D eigenvalue weighted by Crippen LogP contribution is 2.25. The second-order valence-electron chi connectivity index (χ2n) is 4.66. The lowest BCUT2D eigenvalue weighted by Crippen LogP contribution is -2.54. The van der Waals surface area contributed by atoms with Gasteiger partial charge in [0.05, 0.1) is 6.04 Å². The van der Waals surface area contributed by atoms with E-state index >= 15 is 0 Å². The van der Waals surface area contributed by atoms with E-state index in [2.05, 4.69) is 10.6 Å². The fourth-order valence-electron chi connectivity index (χ4n) is 2.29. The summed E-state index contributed by atoms with van der Waals surface area (Å²) < 4.78 is 5.51. The van der Waals surface area contributed by atoms with Crippen LogP contribution in [-0.4, -0.2) is 31.7 Å². The van der Waals surface area contributed by atoms with Crippen LogP contribution in [0.15, 0.2) is 17.5 Å². The fourth-order valence-corrected chi connectivity index (χ4v) is 3.03. The standard InChI is InChI=1S/C13H20N2O2S/c1-10(11-4-3-9-18-11)15-12(16)13(17-2)5-7-14-8-6-13/h3-4,9-10,14H,5-8H2,1-2H3,(H,15,16). The Morgan fingerprint density at radius 1 is 1.56 bits per heavy atom. The number of amides is 1. The van der Waals surface area contributed by atoms with Gasteiger partial charge in [0, 0.05) is 12.0 Å². The zero-order valence-electron chi connectivity index (χ0n) is 10.9. The van der Waals surface area contributed by atoms with Crippen molar-refractivity contribution in [3.8, 4) is 0 Å². The summed E-state index contributed by atoms with van der Waals surface area (Å²) in [5.74, 6) is 0.00685. The minimum absolute atomic E-state index is 0.00685. The Labute approximate surface area is 112 Å². The molecular weight excluding hydrogens is 248 g/mol. The van der Waals surface area contributed by atoms with Crippen LogP contribution in [0.4, 0.5) is 0 Å². The summed E-state index contributed by atoms with van der Waals surface area (Å²) in [6.07, 6.45) is 1.46. The number of rotatable bonds is 4. The number of carbonyl (C=O) groups excluding carboxylic acids is 1. The quantitative estimate of drug-likeness (QED) is 0.874. The van der Waals surface area contributed by atoms with Gasteiger partial charge in [0.1, 0.15) is 5.60 Å². The first-order valence-corrected chi connectivity index (χ1v) is 7.16. The molecule has 2 rings (SSSR count). The van der Waals surface area contributed by atoms with Crippen molar-refractivity contribution in [2.75, 3.05) is 20.2 Å². The lowest BCUT2D eigenvalue weighted by molar-refractivity contribution is -0.147. The Morgan fingerprint density at radius 2 is 2.28 bits per heavy atom. The van der Waals surface area contributed by atoms with Crippen molar-refractivity contribution in [2.24, 2.45) is 0 Å². The lowest BCUT2D eigenvalue weighted by Gasteiger charge is -2.35. The number of carbonyl (C=O) groups is 1. The van der Waals surface area contributed by atoms with Crippen molar-refractivity contribution < 1.29 is 9.53 Å². The number of thiophene rings is 1. The molecule has 1 aromatic rings. The van der Waals surface area contributed by atoms with Gasteiger partial charge in [-0.1, -0.05) is 6.07 Å². The SMILES string of the molecule is COC1(C(=O)NC(C)c2cccs2)CCNCC1. The van der Waals surface area contributed by atoms with E-state index in [0.29, 0.717) is 0 Å². The Balaban J connectivity index is 2.01. The van der Waals surface area contributed by atoms with Crippen LogP contribution in [0, 0.1) is 0 Å². The van der Waals surface area contributed by atoms with E-state index in [1.54, 1.807) is 18.4 Å². The number of hydrogen-bond acceptors (Lipinski definition) is 4. The molecule has 4 nitrogen and oxygen atoms in total. The Hall–Kier alpha value is -0.910. The molecule has 1 aliphatic rings. The molecule has 1 saturated heterocycles. The molecule has 2 heterocycles. The molecular formula is C13H20N2O2S. The highest BCUT2D eigenvalue weighted by molar-refractivity contribution is 7.10. The molecule has 0 aliphatic carbocycles. The van der Waals surface area contributed by atoms with Gasteiger partial charge in [0.25, 0.3) is 5.91 Å². The Bertz CT molecular complexity index is 386. The summed E-state index contributed by atoms with van der Waals surface area (Å²) in [6, 6.07) is 4.08. The third kappa shape index (κ3) is 2.74. The zero-order valence-corrected chi connectivity index (χ0v) is 11.7. The van der Waals surface area contributed by atoms with Crippen molar-refractivity contribution in [3.63, 3.8) is 0 Å². The van der Waals surface area contributed by atoms with E-state index in [9.17, 15) is 4.79 Å². The third-order valence-corrected chi connectivity index (χ3v) is 4.59. The summed E-state index contributed by atoms with van der Waals surface area (Å²) in [6.45, 7) is 3.66. The summed E-state index contributed by atoms with van der Waals surface area (Å²) in [7, 11) is 1.63. The van der Waals surface area contributed by atoms with E-state index in [1.165, 1.54) is 4.88 Å². The molecule has 1 fully saturated rings. The van der Waals surface area contributed by atoms with Crippen molar-refractivity contribution >= 4 is 17.2 Å². The van der Waals surface area contributed by atoms with E-state index in [-0.39, 0.29) is 11.9 Å². The van der Waals surface area contributed by atoms with Gasteiger partial charge in [0.2, 0.25) is 0 Å². The molecule has 0 spiro atoms. The average molecular weight is 268 g/mol. The molecule has 1 aromatic heterocycles. The van der Waals surface area contributed by atoms with Gasteiger partial charge in [-0.15, -0.1) is 11.3 Å². The number of methoxy groups -OCH3 is 1. The monoisotopic (exact) mass is 268 g/mol. The van der Waals surface area contributed by atoms with E-state index in [1.807, 2.05) is 24.4 Å². The maximum absolute atomic E-state index is 12.4. The summed E-state index contributed by atoms with van der Waals surface area (Å²) in [4.78, 5) is 13.6. The molecule has 0 aromatic carbocycles. The molecule has 18 heavy (non-hydrogen) atoms. The smallest absolute Gasteiger partial charge is 0.252 e. The highest BCUT2D eigenvalue weighted by atomic mass is 32.1. The average Bonchev–Trinajstić information content (AvgIpc) is 2.93. The van der Waals surface area contributed by atoms with E-state index in [4.69, 9.17) is 4.74 Å². The molecule has 2 N–H and O–H groups in total. The minimum Gasteiger partial charge on any atom is -0.368 e. The predicted octanol–water partition coefficient (Wildman–Crippen LogP) is 1.69. The Morgan fingerprint density at radius 3 is 2.83 bits per heavy atom. The van der Waals surface area contributed by atoms with Crippen LogP contribution in [0.2, 0.25) is 0 Å². The number of ether oxygens (including phenoxy) is 1. The van der Waals surface area contributed by atoms with Crippen LogP contribution in [0.1, 0.15) is 30.7 Å². The van der Waals surface area contributed by atoms with Gasteiger partial charge in [-0.25, -0.2) is 0 Å². The van der Waals surface area contributed by atoms with Gasteiger partial charge < -0.3 is 15.4 Å². The number of nitrogens with one attached hydrogen (secondary N) is 2. The van der Waals surface area contributed by atoms with Crippen molar-refractivity contribution in [1.29, 1.82) is 0 Å². The fraction of sp³-hybridized carbons (Fsp3) is 0.615. The topological polar surface area (TPSA) is 50.4 Å².